The molecule has 3 rings (SSSR count). The predicted molar refractivity (Wildman–Crippen MR) is 93.4 cm³/mol. The molecule has 1 N–H and O–H groups in total. The second kappa shape index (κ2) is 7.09. The fourth-order valence-electron chi connectivity index (χ4n) is 2.47. The molecule has 0 unspecified atom stereocenters. The van der Waals surface area contributed by atoms with Crippen LogP contribution in [-0.4, -0.2) is 25.4 Å². The number of nitrogens with one attached hydrogen (secondary N) is 1. The maximum atomic E-state index is 12.8. The normalized spacial score (nSPS) is 11.2. The molecule has 0 radical (unpaired) electrons. The predicted octanol–water partition coefficient (Wildman–Crippen LogP) is 4.09. The van der Waals surface area contributed by atoms with Crippen molar-refractivity contribution in [1.29, 1.82) is 0 Å². The molecule has 0 fully saturated rings. The summed E-state index contributed by atoms with van der Waals surface area (Å²) in [5.41, 5.74) is 6.73. The Labute approximate surface area is 158 Å². The summed E-state index contributed by atoms with van der Waals surface area (Å²) < 4.78 is 39.7. The van der Waals surface area contributed by atoms with E-state index >= 15 is 0 Å². The number of imidazole rings is 1. The van der Waals surface area contributed by atoms with Crippen LogP contribution in [0.25, 0.3) is 21.6 Å². The maximum absolute atomic E-state index is 12.8. The molecule has 0 atom stereocenters. The minimum Gasteiger partial charge on any atom is -0.298 e. The third-order valence-electron chi connectivity index (χ3n) is 3.85. The SMILES string of the molecule is Cn1c(NC(=O)c2ccc([N+](=O)[O-])cc2N=[N+]=[N-])nc2cc(C(F)(F)F)cnc21. The Kier molecular flexibility index (Phi) is 4.78. The van der Waals surface area contributed by atoms with E-state index in [0.717, 1.165) is 24.3 Å². The second-order valence-corrected chi connectivity index (χ2v) is 5.66. The smallest absolute Gasteiger partial charge is 0.298 e. The number of anilines is 1. The number of nitrogens with zero attached hydrogens (tertiary/aromatic N) is 7. The highest BCUT2D eigenvalue weighted by Crippen LogP contribution is 2.31. The van der Waals surface area contributed by atoms with Crippen molar-refractivity contribution in [2.24, 2.45) is 12.2 Å². The quantitative estimate of drug-likeness (QED) is 0.227. The average molecular weight is 406 g/mol. The summed E-state index contributed by atoms with van der Waals surface area (Å²) in [5, 5.41) is 16.5. The summed E-state index contributed by atoms with van der Waals surface area (Å²) in [7, 11) is 1.43. The van der Waals surface area contributed by atoms with E-state index in [0.29, 0.717) is 6.20 Å². The number of carbonyl (C=O) groups is 1. The van der Waals surface area contributed by atoms with Gasteiger partial charge in [0.2, 0.25) is 5.95 Å². The van der Waals surface area contributed by atoms with Crippen LogP contribution in [-0.2, 0) is 13.2 Å². The van der Waals surface area contributed by atoms with Gasteiger partial charge in [-0.05, 0) is 17.7 Å². The van der Waals surface area contributed by atoms with E-state index in [1.54, 1.807) is 0 Å². The van der Waals surface area contributed by atoms with Crippen LogP contribution < -0.4 is 5.32 Å². The fraction of sp³-hybridized carbons (Fsp3) is 0.133. The van der Waals surface area contributed by atoms with Crippen LogP contribution in [0.4, 0.5) is 30.5 Å². The Morgan fingerprint density at radius 3 is 2.72 bits per heavy atom. The van der Waals surface area contributed by atoms with Gasteiger partial charge in [0.1, 0.15) is 5.52 Å². The molecule has 0 saturated carbocycles. The molecule has 0 aliphatic carbocycles. The molecule has 29 heavy (non-hydrogen) atoms. The van der Waals surface area contributed by atoms with E-state index in [2.05, 4.69) is 25.3 Å². The highest BCUT2D eigenvalue weighted by Gasteiger charge is 2.31. The molecule has 2 heterocycles. The summed E-state index contributed by atoms with van der Waals surface area (Å²) in [6.45, 7) is 0. The number of nitro benzene ring substituents is 1. The van der Waals surface area contributed by atoms with Crippen LogP contribution in [0.1, 0.15) is 15.9 Å². The number of alkyl halides is 3. The van der Waals surface area contributed by atoms with E-state index in [1.807, 2.05) is 0 Å². The number of benzene rings is 1. The first kappa shape index (κ1) is 19.6. The lowest BCUT2D eigenvalue weighted by molar-refractivity contribution is -0.384. The molecule has 0 aliphatic rings. The molecule has 0 aliphatic heterocycles. The lowest BCUT2D eigenvalue weighted by Crippen LogP contribution is -2.15. The van der Waals surface area contributed by atoms with Crippen LogP contribution in [0.5, 0.6) is 0 Å². The zero-order valence-corrected chi connectivity index (χ0v) is 14.4. The van der Waals surface area contributed by atoms with E-state index in [9.17, 15) is 28.1 Å². The van der Waals surface area contributed by atoms with Crippen molar-refractivity contribution in [3.63, 3.8) is 0 Å². The molecule has 1 amide bonds. The van der Waals surface area contributed by atoms with Gasteiger partial charge in [-0.25, -0.2) is 9.97 Å². The molecule has 14 heteroatoms. The zero-order chi connectivity index (χ0) is 21.3. The van der Waals surface area contributed by atoms with Crippen molar-refractivity contribution >= 4 is 34.4 Å². The number of non-ortho nitro benzene ring substituents is 1. The van der Waals surface area contributed by atoms with E-state index in [4.69, 9.17) is 5.53 Å². The lowest BCUT2D eigenvalue weighted by Gasteiger charge is -2.07. The number of aromatic nitrogens is 3. The summed E-state index contributed by atoms with van der Waals surface area (Å²) in [5.74, 6) is -0.959. The number of pyridine rings is 1. The molecule has 1 aromatic carbocycles. The van der Waals surface area contributed by atoms with E-state index in [1.165, 1.54) is 11.6 Å². The van der Waals surface area contributed by atoms with Crippen LogP contribution in [0.3, 0.4) is 0 Å². The van der Waals surface area contributed by atoms with Gasteiger partial charge >= 0.3 is 6.18 Å². The minimum atomic E-state index is -4.61. The Bertz CT molecular complexity index is 1200. The third kappa shape index (κ3) is 3.77. The number of fused-ring (bicyclic) bond motifs is 1. The van der Waals surface area contributed by atoms with Gasteiger partial charge in [-0.2, -0.15) is 13.2 Å². The Hall–Kier alpha value is -4.19. The summed E-state index contributed by atoms with van der Waals surface area (Å²) >= 11 is 0. The van der Waals surface area contributed by atoms with Gasteiger partial charge < -0.3 is 0 Å². The second-order valence-electron chi connectivity index (χ2n) is 5.66. The largest absolute Gasteiger partial charge is 0.417 e. The number of hydrogen-bond donors (Lipinski definition) is 1. The van der Waals surface area contributed by atoms with Crippen molar-refractivity contribution in [3.05, 3.63) is 62.1 Å². The van der Waals surface area contributed by atoms with Crippen LogP contribution in [0, 0.1) is 10.1 Å². The van der Waals surface area contributed by atoms with Gasteiger partial charge in [0.05, 0.1) is 16.2 Å². The number of amides is 1. The molecule has 2 aromatic heterocycles. The van der Waals surface area contributed by atoms with Crippen LogP contribution in [0.2, 0.25) is 0 Å². The fourth-order valence-corrected chi connectivity index (χ4v) is 2.47. The molecule has 148 valence electrons. The van der Waals surface area contributed by atoms with Crippen molar-refractivity contribution in [3.8, 4) is 0 Å². The number of carbonyl (C=O) groups excluding carboxylic acids is 1. The third-order valence-corrected chi connectivity index (χ3v) is 3.85. The van der Waals surface area contributed by atoms with Gasteiger partial charge in [0, 0.05) is 35.9 Å². The average Bonchev–Trinajstić information content (AvgIpc) is 2.96. The Morgan fingerprint density at radius 1 is 1.38 bits per heavy atom. The Balaban J connectivity index is 1.99. The lowest BCUT2D eigenvalue weighted by atomic mass is 10.1. The monoisotopic (exact) mass is 406 g/mol. The van der Waals surface area contributed by atoms with E-state index < -0.39 is 28.3 Å². The zero-order valence-electron chi connectivity index (χ0n) is 14.4. The van der Waals surface area contributed by atoms with Crippen LogP contribution in [0.15, 0.2) is 35.6 Å². The topological polar surface area (TPSA) is 152 Å². The first-order valence-electron chi connectivity index (χ1n) is 7.66. The number of halogens is 3. The van der Waals surface area contributed by atoms with Crippen molar-refractivity contribution in [2.45, 2.75) is 6.18 Å². The highest BCUT2D eigenvalue weighted by molar-refractivity contribution is 6.07. The number of hydrogen-bond acceptors (Lipinski definition) is 6. The van der Waals surface area contributed by atoms with Gasteiger partial charge in [0.15, 0.2) is 5.65 Å². The van der Waals surface area contributed by atoms with Gasteiger partial charge in [-0.3, -0.25) is 24.8 Å². The van der Waals surface area contributed by atoms with Crippen molar-refractivity contribution in [2.75, 3.05) is 5.32 Å². The summed E-state index contributed by atoms with van der Waals surface area (Å²) in [6.07, 6.45) is -3.96. The number of rotatable bonds is 4. The van der Waals surface area contributed by atoms with Crippen LogP contribution >= 0.6 is 0 Å². The molecule has 11 nitrogen and oxygen atoms in total. The van der Waals surface area contributed by atoms with Gasteiger partial charge in [-0.1, -0.05) is 5.11 Å². The number of azide groups is 1. The minimum absolute atomic E-state index is 0.0901. The van der Waals surface area contributed by atoms with Crippen molar-refractivity contribution in [1.82, 2.24) is 14.5 Å². The molecule has 0 saturated heterocycles. The first-order chi connectivity index (χ1) is 13.6. The Morgan fingerprint density at radius 2 is 2.10 bits per heavy atom. The standard InChI is InChI=1S/C15H9F3N8O3/c1-25-12-11(4-7(6-20-12)15(16,17)18)21-14(25)22-13(27)9-3-2-8(26(28)29)5-10(9)23-24-19/h2-6H,1H3,(H,21,22,27). The van der Waals surface area contributed by atoms with Gasteiger partial charge in [0.25, 0.3) is 11.6 Å². The molecule has 0 bridgehead atoms. The molecule has 3 aromatic rings. The first-order valence-corrected chi connectivity index (χ1v) is 7.66. The highest BCUT2D eigenvalue weighted by atomic mass is 19.4. The molecule has 0 spiro atoms. The summed E-state index contributed by atoms with van der Waals surface area (Å²) in [6, 6.07) is 3.83. The molecular formula is C15H9F3N8O3. The summed E-state index contributed by atoms with van der Waals surface area (Å²) in [4.78, 5) is 32.8. The number of nitro groups is 1. The van der Waals surface area contributed by atoms with Crippen molar-refractivity contribution < 1.29 is 22.9 Å². The maximum Gasteiger partial charge on any atom is 0.417 e. The molecular weight excluding hydrogens is 397 g/mol. The van der Waals surface area contributed by atoms with E-state index in [-0.39, 0.29) is 28.4 Å². The number of aryl methyl sites for hydroxylation is 1. The van der Waals surface area contributed by atoms with Gasteiger partial charge in [-0.15, -0.1) is 0 Å².